The number of carbonyl (C=O) groups is 1. The van der Waals surface area contributed by atoms with E-state index in [0.29, 0.717) is 11.1 Å². The lowest BCUT2D eigenvalue weighted by molar-refractivity contribution is -0.141. The zero-order chi connectivity index (χ0) is 26.5. The lowest BCUT2D eigenvalue weighted by Gasteiger charge is -2.25. The van der Waals surface area contributed by atoms with Gasteiger partial charge in [0.15, 0.2) is 0 Å². The molecule has 1 unspecified atom stereocenters. The van der Waals surface area contributed by atoms with E-state index in [-0.39, 0.29) is 30.5 Å². The Labute approximate surface area is 208 Å². The number of amides is 1. The number of hydrogen-bond donors (Lipinski definition) is 3. The Morgan fingerprint density at radius 3 is 2.36 bits per heavy atom. The van der Waals surface area contributed by atoms with E-state index < -0.39 is 39.5 Å². The summed E-state index contributed by atoms with van der Waals surface area (Å²) in [5, 5.41) is 5.82. The Hall–Kier alpha value is -2.73. The third kappa shape index (κ3) is 7.89. The first-order chi connectivity index (χ1) is 16.8. The fourth-order valence-corrected chi connectivity index (χ4v) is 4.44. The highest BCUT2D eigenvalue weighted by Crippen LogP contribution is 2.31. The van der Waals surface area contributed by atoms with E-state index in [0.717, 1.165) is 44.4 Å². The van der Waals surface area contributed by atoms with Crippen LogP contribution in [0.4, 0.5) is 23.4 Å². The third-order valence-corrected chi connectivity index (χ3v) is 6.83. The fourth-order valence-electron chi connectivity index (χ4n) is 4.03. The summed E-state index contributed by atoms with van der Waals surface area (Å²) >= 11 is 0. The highest BCUT2D eigenvalue weighted by molar-refractivity contribution is 7.88. The van der Waals surface area contributed by atoms with Crippen molar-refractivity contribution in [3.05, 3.63) is 58.5 Å². The second-order valence-electron chi connectivity index (χ2n) is 9.06. The molecule has 7 nitrogen and oxygen atoms in total. The van der Waals surface area contributed by atoms with Crippen LogP contribution in [-0.4, -0.2) is 31.6 Å². The highest BCUT2D eigenvalue weighted by Gasteiger charge is 2.33. The Bertz CT molecular complexity index is 1180. The molecule has 3 N–H and O–H groups in total. The van der Waals surface area contributed by atoms with Gasteiger partial charge in [-0.3, -0.25) is 4.79 Å². The molecule has 1 atom stereocenters. The molecule has 36 heavy (non-hydrogen) atoms. The molecule has 0 radical (unpaired) electrons. The van der Waals surface area contributed by atoms with Gasteiger partial charge >= 0.3 is 6.18 Å². The first kappa shape index (κ1) is 27.9. The molecule has 1 aromatic carbocycles. The van der Waals surface area contributed by atoms with Crippen LogP contribution >= 0.6 is 0 Å². The maximum absolute atomic E-state index is 14.4. The molecule has 1 saturated carbocycles. The summed E-state index contributed by atoms with van der Waals surface area (Å²) in [6.45, 7) is 1.30. The molecule has 0 bridgehead atoms. The predicted octanol–water partition coefficient (Wildman–Crippen LogP) is 4.45. The number of halogens is 4. The minimum Gasteiger partial charge on any atom is -0.367 e. The Morgan fingerprint density at radius 2 is 1.75 bits per heavy atom. The van der Waals surface area contributed by atoms with Crippen LogP contribution in [0.2, 0.25) is 0 Å². The molecule has 0 spiro atoms. The monoisotopic (exact) mass is 530 g/mol. The second kappa shape index (κ2) is 11.5. The highest BCUT2D eigenvalue weighted by atomic mass is 32.2. The second-order valence-corrected chi connectivity index (χ2v) is 10.9. The number of pyridine rings is 1. The van der Waals surface area contributed by atoms with E-state index in [1.54, 1.807) is 6.92 Å². The number of rotatable bonds is 9. The van der Waals surface area contributed by atoms with E-state index in [1.807, 2.05) is 0 Å². The van der Waals surface area contributed by atoms with Crippen molar-refractivity contribution in [3.63, 3.8) is 0 Å². The van der Waals surface area contributed by atoms with Crippen LogP contribution in [0.1, 0.15) is 67.3 Å². The SMILES string of the molecule is CC(C(=O)NCc1ccc(C(F)(F)F)nc1NC1CCCCC1)c1ccc(CNS(C)(=O)=O)c(F)c1. The number of anilines is 1. The van der Waals surface area contributed by atoms with Crippen LogP contribution in [0.5, 0.6) is 0 Å². The summed E-state index contributed by atoms with van der Waals surface area (Å²) in [7, 11) is -3.49. The van der Waals surface area contributed by atoms with Crippen LogP contribution in [0, 0.1) is 5.82 Å². The summed E-state index contributed by atoms with van der Waals surface area (Å²) in [6.07, 6.45) is 1.11. The van der Waals surface area contributed by atoms with Gasteiger partial charge in [-0.2, -0.15) is 13.2 Å². The largest absolute Gasteiger partial charge is 0.433 e. The molecule has 1 fully saturated rings. The Balaban J connectivity index is 1.70. The summed E-state index contributed by atoms with van der Waals surface area (Å²) < 4.78 is 78.8. The summed E-state index contributed by atoms with van der Waals surface area (Å²) in [5.41, 5.74) is -0.0853. The van der Waals surface area contributed by atoms with Gasteiger partial charge in [-0.1, -0.05) is 37.5 Å². The molecular weight excluding hydrogens is 500 g/mol. The Morgan fingerprint density at radius 1 is 1.08 bits per heavy atom. The van der Waals surface area contributed by atoms with Crippen molar-refractivity contribution in [1.29, 1.82) is 0 Å². The summed E-state index contributed by atoms with van der Waals surface area (Å²) in [6, 6.07) is 6.30. The molecule has 12 heteroatoms. The maximum Gasteiger partial charge on any atom is 0.433 e. The minimum absolute atomic E-state index is 0.0155. The van der Waals surface area contributed by atoms with E-state index >= 15 is 0 Å². The smallest absolute Gasteiger partial charge is 0.367 e. The number of alkyl halides is 3. The number of sulfonamides is 1. The topological polar surface area (TPSA) is 100 Å². The molecule has 198 valence electrons. The van der Waals surface area contributed by atoms with Crippen LogP contribution < -0.4 is 15.4 Å². The molecule has 2 aromatic rings. The zero-order valence-electron chi connectivity index (χ0n) is 20.1. The molecule has 1 aliphatic carbocycles. The number of carbonyl (C=O) groups excluding carboxylic acids is 1. The molecule has 1 heterocycles. The van der Waals surface area contributed by atoms with Crippen LogP contribution in [-0.2, 0) is 34.1 Å². The van der Waals surface area contributed by atoms with Crippen molar-refractivity contribution < 1.29 is 30.8 Å². The van der Waals surface area contributed by atoms with Crippen molar-refractivity contribution in [2.45, 2.75) is 70.3 Å². The molecular formula is C24H30F4N4O3S. The maximum atomic E-state index is 14.4. The van der Waals surface area contributed by atoms with Crippen molar-refractivity contribution in [1.82, 2.24) is 15.0 Å². The van der Waals surface area contributed by atoms with Gasteiger partial charge in [0.2, 0.25) is 15.9 Å². The van der Waals surface area contributed by atoms with Crippen LogP contribution in [0.25, 0.3) is 0 Å². The molecule has 1 aromatic heterocycles. The Kier molecular flexibility index (Phi) is 8.93. The van der Waals surface area contributed by atoms with Gasteiger partial charge in [-0.05, 0) is 37.5 Å². The van der Waals surface area contributed by atoms with Gasteiger partial charge in [-0.25, -0.2) is 22.5 Å². The van der Waals surface area contributed by atoms with Crippen molar-refractivity contribution in [2.24, 2.45) is 0 Å². The standard InChI is InChI=1S/C24H30F4N4O3S/c1-15(16-8-9-17(20(25)12-16)14-30-36(2,34)35)23(33)29-13-18-10-11-21(24(26,27)28)32-22(18)31-19-6-4-3-5-7-19/h8-12,15,19,30H,3-7,13-14H2,1-2H3,(H,29,33)(H,31,32). The number of nitrogens with zero attached hydrogens (tertiary/aromatic N) is 1. The lowest BCUT2D eigenvalue weighted by atomic mass is 9.95. The molecule has 3 rings (SSSR count). The van der Waals surface area contributed by atoms with Crippen molar-refractivity contribution in [2.75, 3.05) is 11.6 Å². The molecule has 0 saturated heterocycles. The first-order valence-electron chi connectivity index (χ1n) is 11.7. The van der Waals surface area contributed by atoms with Gasteiger partial charge in [0.25, 0.3) is 0 Å². The normalized spacial score (nSPS) is 15.9. The molecule has 0 aliphatic heterocycles. The lowest BCUT2D eigenvalue weighted by Crippen LogP contribution is -2.29. The van der Waals surface area contributed by atoms with Gasteiger partial charge in [0, 0.05) is 30.3 Å². The average Bonchev–Trinajstić information content (AvgIpc) is 2.81. The van der Waals surface area contributed by atoms with Gasteiger partial charge < -0.3 is 10.6 Å². The van der Waals surface area contributed by atoms with Crippen molar-refractivity contribution in [3.8, 4) is 0 Å². The van der Waals surface area contributed by atoms with E-state index in [9.17, 15) is 30.8 Å². The number of nitrogens with one attached hydrogen (secondary N) is 3. The van der Waals surface area contributed by atoms with E-state index in [4.69, 9.17) is 0 Å². The first-order valence-corrected chi connectivity index (χ1v) is 13.6. The third-order valence-electron chi connectivity index (χ3n) is 6.16. The van der Waals surface area contributed by atoms with Gasteiger partial charge in [0.05, 0.1) is 12.2 Å². The van der Waals surface area contributed by atoms with Crippen molar-refractivity contribution >= 4 is 21.7 Å². The zero-order valence-corrected chi connectivity index (χ0v) is 20.9. The summed E-state index contributed by atoms with van der Waals surface area (Å²) in [4.78, 5) is 16.5. The molecule has 1 amide bonds. The number of benzene rings is 1. The predicted molar refractivity (Wildman–Crippen MR) is 128 cm³/mol. The average molecular weight is 531 g/mol. The van der Waals surface area contributed by atoms with Gasteiger partial charge in [-0.15, -0.1) is 0 Å². The van der Waals surface area contributed by atoms with Crippen LogP contribution in [0.3, 0.4) is 0 Å². The van der Waals surface area contributed by atoms with Gasteiger partial charge in [0.1, 0.15) is 17.3 Å². The fraction of sp³-hybridized carbons (Fsp3) is 0.500. The summed E-state index contributed by atoms with van der Waals surface area (Å²) in [5.74, 6) is -1.76. The van der Waals surface area contributed by atoms with E-state index in [1.165, 1.54) is 24.3 Å². The van der Waals surface area contributed by atoms with Crippen LogP contribution in [0.15, 0.2) is 30.3 Å². The number of aromatic nitrogens is 1. The minimum atomic E-state index is -4.59. The van der Waals surface area contributed by atoms with E-state index in [2.05, 4.69) is 20.3 Å². The quantitative estimate of drug-likeness (QED) is 0.416. The number of hydrogen-bond acceptors (Lipinski definition) is 5. The molecule has 1 aliphatic rings.